The number of esters is 1. The Morgan fingerprint density at radius 2 is 1.26 bits per heavy atom. The van der Waals surface area contributed by atoms with Crippen LogP contribution in [0.5, 0.6) is 0 Å². The second-order valence-corrected chi connectivity index (χ2v) is 11.2. The lowest BCUT2D eigenvalue weighted by Gasteiger charge is -2.30. The predicted molar refractivity (Wildman–Crippen MR) is 155 cm³/mol. The molecule has 1 heterocycles. The highest BCUT2D eigenvalue weighted by Crippen LogP contribution is 2.37. The van der Waals surface area contributed by atoms with Crippen LogP contribution in [0, 0.1) is 0 Å². The third-order valence-corrected chi connectivity index (χ3v) is 7.87. The van der Waals surface area contributed by atoms with E-state index < -0.39 is 23.8 Å². The maximum atomic E-state index is 13.3. The van der Waals surface area contributed by atoms with Gasteiger partial charge in [-0.2, -0.15) is 0 Å². The molecule has 3 atom stereocenters. The van der Waals surface area contributed by atoms with Crippen LogP contribution in [-0.2, 0) is 43.6 Å². The molecular formula is C28H22Cl6O5. The summed E-state index contributed by atoms with van der Waals surface area (Å²) in [6, 6.07) is 15.1. The van der Waals surface area contributed by atoms with Crippen LogP contribution in [0.1, 0.15) is 16.7 Å². The third kappa shape index (κ3) is 7.23. The van der Waals surface area contributed by atoms with Gasteiger partial charge in [0, 0.05) is 30.1 Å². The van der Waals surface area contributed by atoms with Gasteiger partial charge >= 0.3 is 5.97 Å². The van der Waals surface area contributed by atoms with Gasteiger partial charge in [-0.25, -0.2) is 4.79 Å². The molecule has 0 aromatic heterocycles. The van der Waals surface area contributed by atoms with Crippen molar-refractivity contribution in [2.45, 2.75) is 37.6 Å². The zero-order valence-electron chi connectivity index (χ0n) is 20.3. The van der Waals surface area contributed by atoms with Gasteiger partial charge in [-0.05, 0) is 59.2 Å². The van der Waals surface area contributed by atoms with Crippen molar-refractivity contribution in [1.82, 2.24) is 0 Å². The molecule has 1 aliphatic heterocycles. The lowest BCUT2D eigenvalue weighted by Crippen LogP contribution is -2.49. The monoisotopic (exact) mass is 648 g/mol. The fourth-order valence-corrected chi connectivity index (χ4v) is 5.40. The zero-order valence-corrected chi connectivity index (χ0v) is 24.8. The average molecular weight is 651 g/mol. The molecule has 39 heavy (non-hydrogen) atoms. The van der Waals surface area contributed by atoms with Crippen molar-refractivity contribution < 1.29 is 23.7 Å². The molecule has 0 spiro atoms. The first-order valence-electron chi connectivity index (χ1n) is 11.6. The van der Waals surface area contributed by atoms with Gasteiger partial charge in [-0.15, -0.1) is 0 Å². The Bertz CT molecular complexity index is 1370. The molecule has 1 aliphatic rings. The standard InChI is InChI=1S/C28H22Cl6O5/c1-2-28(38-14-18-5-8-21(31)11-24(18)34)26(37-13-17-4-7-20(30)10-23(17)33)25(39-27(28)35)15-36-12-16-3-6-19(29)9-22(16)32/h2-11,25-26H,1,12-15H2. The Morgan fingerprint density at radius 1 is 0.769 bits per heavy atom. The summed E-state index contributed by atoms with van der Waals surface area (Å²) < 4.78 is 23.9. The van der Waals surface area contributed by atoms with E-state index in [1.54, 1.807) is 54.6 Å². The number of hydrogen-bond acceptors (Lipinski definition) is 5. The lowest BCUT2D eigenvalue weighted by atomic mass is 9.95. The van der Waals surface area contributed by atoms with Gasteiger partial charge in [0.15, 0.2) is 6.10 Å². The smallest absolute Gasteiger partial charge is 0.345 e. The van der Waals surface area contributed by atoms with Gasteiger partial charge in [0.05, 0.1) is 26.4 Å². The molecule has 0 amide bonds. The van der Waals surface area contributed by atoms with Crippen LogP contribution in [0.4, 0.5) is 0 Å². The van der Waals surface area contributed by atoms with Crippen LogP contribution in [0.3, 0.4) is 0 Å². The molecule has 0 N–H and O–H groups in total. The highest BCUT2D eigenvalue weighted by molar-refractivity contribution is 6.36. The van der Waals surface area contributed by atoms with Crippen molar-refractivity contribution in [2.24, 2.45) is 0 Å². The van der Waals surface area contributed by atoms with Crippen LogP contribution in [-0.4, -0.2) is 30.4 Å². The third-order valence-electron chi connectivity index (χ3n) is 6.11. The molecule has 3 aromatic rings. The van der Waals surface area contributed by atoms with Crippen molar-refractivity contribution in [3.8, 4) is 0 Å². The second-order valence-electron chi connectivity index (χ2n) is 8.68. The molecule has 5 nitrogen and oxygen atoms in total. The largest absolute Gasteiger partial charge is 0.455 e. The second kappa shape index (κ2) is 13.4. The minimum absolute atomic E-state index is 0.00956. The number of carbonyl (C=O) groups excluding carboxylic acids is 1. The molecule has 0 saturated carbocycles. The molecule has 3 unspecified atom stereocenters. The van der Waals surface area contributed by atoms with Crippen LogP contribution in [0.2, 0.25) is 30.1 Å². The predicted octanol–water partition coefficient (Wildman–Crippen LogP) is 8.78. The molecule has 1 saturated heterocycles. The van der Waals surface area contributed by atoms with Gasteiger partial charge in [-0.1, -0.05) is 94.4 Å². The molecular weight excluding hydrogens is 629 g/mol. The van der Waals surface area contributed by atoms with Crippen LogP contribution in [0.15, 0.2) is 67.3 Å². The Balaban J connectivity index is 1.55. The first-order valence-corrected chi connectivity index (χ1v) is 13.9. The summed E-state index contributed by atoms with van der Waals surface area (Å²) >= 11 is 37.0. The number of carbonyl (C=O) groups is 1. The highest BCUT2D eigenvalue weighted by Gasteiger charge is 2.58. The SMILES string of the molecule is C=CC1(OCc2ccc(Cl)cc2Cl)C(=O)OC(COCc2ccc(Cl)cc2Cl)C1OCc1ccc(Cl)cc1Cl. The topological polar surface area (TPSA) is 54.0 Å². The normalized spacial score (nSPS) is 20.7. The van der Waals surface area contributed by atoms with Crippen molar-refractivity contribution in [1.29, 1.82) is 0 Å². The fraction of sp³-hybridized carbons (Fsp3) is 0.250. The van der Waals surface area contributed by atoms with E-state index >= 15 is 0 Å². The minimum atomic E-state index is -1.66. The first kappa shape index (κ1) is 30.4. The first-order chi connectivity index (χ1) is 18.6. The molecule has 3 aromatic carbocycles. The van der Waals surface area contributed by atoms with E-state index in [1.807, 2.05) is 0 Å². The van der Waals surface area contributed by atoms with Crippen molar-refractivity contribution >= 4 is 75.6 Å². The summed E-state index contributed by atoms with van der Waals surface area (Å²) in [4.78, 5) is 13.3. The van der Waals surface area contributed by atoms with Crippen molar-refractivity contribution in [3.63, 3.8) is 0 Å². The maximum absolute atomic E-state index is 13.3. The van der Waals surface area contributed by atoms with Gasteiger partial charge in [0.2, 0.25) is 5.60 Å². The number of rotatable bonds is 11. The number of cyclic esters (lactones) is 1. The number of halogens is 6. The lowest BCUT2D eigenvalue weighted by molar-refractivity contribution is -0.161. The fourth-order valence-electron chi connectivity index (χ4n) is 4.01. The summed E-state index contributed by atoms with van der Waals surface area (Å²) in [5.41, 5.74) is 0.339. The number of hydrogen-bond donors (Lipinski definition) is 0. The van der Waals surface area contributed by atoms with E-state index in [1.165, 1.54) is 6.08 Å². The van der Waals surface area contributed by atoms with Crippen molar-refractivity contribution in [3.05, 3.63) is 114 Å². The summed E-state index contributed by atoms with van der Waals surface area (Å²) in [6.07, 6.45) is -0.419. The summed E-state index contributed by atoms with van der Waals surface area (Å²) in [5.74, 6) is -0.673. The van der Waals surface area contributed by atoms with E-state index in [0.717, 1.165) is 5.56 Å². The van der Waals surface area contributed by atoms with Gasteiger partial charge in [-0.3, -0.25) is 0 Å². The van der Waals surface area contributed by atoms with E-state index in [0.29, 0.717) is 41.3 Å². The maximum Gasteiger partial charge on any atom is 0.345 e. The molecule has 0 bridgehead atoms. The van der Waals surface area contributed by atoms with E-state index in [9.17, 15) is 4.79 Å². The Hall–Kier alpha value is -1.51. The van der Waals surface area contributed by atoms with E-state index in [4.69, 9.17) is 88.6 Å². The van der Waals surface area contributed by atoms with E-state index in [-0.39, 0.29) is 26.4 Å². The molecule has 4 rings (SSSR count). The minimum Gasteiger partial charge on any atom is -0.455 e. The quantitative estimate of drug-likeness (QED) is 0.153. The van der Waals surface area contributed by atoms with Gasteiger partial charge in [0.1, 0.15) is 6.10 Å². The molecule has 1 fully saturated rings. The molecule has 11 heteroatoms. The van der Waals surface area contributed by atoms with E-state index in [2.05, 4.69) is 6.58 Å². The molecule has 206 valence electrons. The Morgan fingerprint density at radius 3 is 1.74 bits per heavy atom. The van der Waals surface area contributed by atoms with Gasteiger partial charge < -0.3 is 18.9 Å². The van der Waals surface area contributed by atoms with Crippen LogP contribution >= 0.6 is 69.6 Å². The summed E-state index contributed by atoms with van der Waals surface area (Å²) in [7, 11) is 0. The van der Waals surface area contributed by atoms with Crippen LogP contribution < -0.4 is 0 Å². The van der Waals surface area contributed by atoms with Gasteiger partial charge in [0.25, 0.3) is 0 Å². The number of ether oxygens (including phenoxy) is 4. The molecule has 0 aliphatic carbocycles. The Kier molecular flexibility index (Phi) is 10.5. The van der Waals surface area contributed by atoms with Crippen molar-refractivity contribution in [2.75, 3.05) is 6.61 Å². The average Bonchev–Trinajstić information content (AvgIpc) is 3.14. The Labute approximate surface area is 256 Å². The number of benzene rings is 3. The molecule has 0 radical (unpaired) electrons. The summed E-state index contributed by atoms with van der Waals surface area (Å²) in [5, 5.41) is 2.73. The summed E-state index contributed by atoms with van der Waals surface area (Å²) in [6.45, 7) is 4.01. The highest BCUT2D eigenvalue weighted by atomic mass is 35.5. The van der Waals surface area contributed by atoms with Crippen LogP contribution in [0.25, 0.3) is 0 Å². The zero-order chi connectivity index (χ0) is 28.2.